The Morgan fingerprint density at radius 3 is 1.28 bits per heavy atom. The normalized spacial score (nSPS) is 13.9. The average molecular weight is 379 g/mol. The van der Waals surface area contributed by atoms with Crippen LogP contribution >= 0.6 is 7.82 Å². The highest BCUT2D eigenvalue weighted by Crippen LogP contribution is 2.43. The van der Waals surface area contributed by atoms with E-state index in [-0.39, 0.29) is 0 Å². The van der Waals surface area contributed by atoms with Gasteiger partial charge >= 0.3 is 7.82 Å². The van der Waals surface area contributed by atoms with E-state index in [2.05, 4.69) is 6.92 Å². The van der Waals surface area contributed by atoms with Crippen molar-refractivity contribution in [2.24, 2.45) is 0 Å². The van der Waals surface area contributed by atoms with E-state index in [4.69, 9.17) is 9.05 Å². The molecule has 1 N–H and O–H groups in total. The molecule has 0 heterocycles. The molecule has 0 aromatic rings. The molecule has 152 valence electrons. The minimum absolute atomic E-state index is 0.295. The fraction of sp³-hybridized carbons (Fsp3) is 1.00. The quantitative estimate of drug-likeness (QED) is 0.177. The van der Waals surface area contributed by atoms with E-state index < -0.39 is 7.82 Å². The smallest absolute Gasteiger partial charge is 0.302 e. The molecule has 0 aliphatic carbocycles. The van der Waals surface area contributed by atoms with Gasteiger partial charge in [0.1, 0.15) is 0 Å². The number of hydrogen-bond acceptors (Lipinski definition) is 3. The van der Waals surface area contributed by atoms with Crippen LogP contribution in [0.3, 0.4) is 0 Å². The van der Waals surface area contributed by atoms with Gasteiger partial charge in [0.15, 0.2) is 0 Å². The molecule has 0 amide bonds. The van der Waals surface area contributed by atoms with Gasteiger partial charge in [0.05, 0.1) is 13.2 Å². The molecule has 0 spiro atoms. The van der Waals surface area contributed by atoms with Crippen molar-refractivity contribution in [1.82, 2.24) is 0 Å². The van der Waals surface area contributed by atoms with Gasteiger partial charge in [0, 0.05) is 0 Å². The Hall–Kier alpha value is 0.110. The zero-order valence-corrected chi connectivity index (χ0v) is 17.7. The maximum atomic E-state index is 11.5. The monoisotopic (exact) mass is 378 g/mol. The third kappa shape index (κ3) is 20.3. The zero-order valence-electron chi connectivity index (χ0n) is 16.8. The summed E-state index contributed by atoms with van der Waals surface area (Å²) in [5.74, 6) is 0. The van der Waals surface area contributed by atoms with Crippen LogP contribution in [0, 0.1) is 0 Å². The molecule has 1 unspecified atom stereocenters. The molecule has 0 fully saturated rings. The van der Waals surface area contributed by atoms with Crippen LogP contribution < -0.4 is 0 Å². The van der Waals surface area contributed by atoms with Crippen molar-refractivity contribution in [2.45, 2.75) is 117 Å². The van der Waals surface area contributed by atoms with Crippen LogP contribution in [-0.4, -0.2) is 18.1 Å². The Morgan fingerprint density at radius 1 is 0.560 bits per heavy atom. The van der Waals surface area contributed by atoms with Crippen LogP contribution in [0.25, 0.3) is 0 Å². The van der Waals surface area contributed by atoms with Gasteiger partial charge in [0.2, 0.25) is 0 Å². The van der Waals surface area contributed by atoms with Gasteiger partial charge in [-0.25, -0.2) is 4.57 Å². The highest BCUT2D eigenvalue weighted by molar-refractivity contribution is 7.47. The van der Waals surface area contributed by atoms with Crippen molar-refractivity contribution >= 4 is 7.82 Å². The van der Waals surface area contributed by atoms with Gasteiger partial charge in [-0.05, 0) is 12.8 Å². The second kappa shape index (κ2) is 18.9. The molecule has 0 saturated heterocycles. The number of unbranched alkanes of at least 4 members (excludes halogenated alkanes) is 14. The Labute approximate surface area is 156 Å². The lowest BCUT2D eigenvalue weighted by Gasteiger charge is -2.11. The van der Waals surface area contributed by atoms with Gasteiger partial charge in [-0.1, -0.05) is 104 Å². The van der Waals surface area contributed by atoms with E-state index in [9.17, 15) is 9.46 Å². The van der Waals surface area contributed by atoms with Crippen molar-refractivity contribution in [3.8, 4) is 0 Å². The average Bonchev–Trinajstić information content (AvgIpc) is 2.58. The minimum atomic E-state index is -3.81. The summed E-state index contributed by atoms with van der Waals surface area (Å²) in [7, 11) is -3.81. The molecule has 0 radical (unpaired) electrons. The van der Waals surface area contributed by atoms with Crippen molar-refractivity contribution in [3.05, 3.63) is 0 Å². The van der Waals surface area contributed by atoms with E-state index in [1.165, 1.54) is 77.0 Å². The van der Waals surface area contributed by atoms with Crippen molar-refractivity contribution in [1.29, 1.82) is 0 Å². The maximum absolute atomic E-state index is 11.5. The molecule has 25 heavy (non-hydrogen) atoms. The third-order valence-electron chi connectivity index (χ3n) is 4.50. The van der Waals surface area contributed by atoms with Crippen molar-refractivity contribution in [2.75, 3.05) is 13.2 Å². The standard InChI is InChI=1S/C20H43O4P/c1-3-5-7-8-9-10-11-12-13-14-15-16-17-18-20-24-25(21,22)23-19-6-4-2/h3-20H2,1-2H3,(H,21,22). The van der Waals surface area contributed by atoms with E-state index in [1.807, 2.05) is 6.92 Å². The fourth-order valence-electron chi connectivity index (χ4n) is 2.84. The summed E-state index contributed by atoms with van der Waals surface area (Å²) in [6.45, 7) is 4.89. The Bertz CT molecular complexity index is 310. The molecule has 0 aromatic carbocycles. The topological polar surface area (TPSA) is 55.8 Å². The Balaban J connectivity index is 3.19. The number of hydrogen-bond donors (Lipinski definition) is 1. The van der Waals surface area contributed by atoms with Crippen molar-refractivity contribution < 1.29 is 18.5 Å². The SMILES string of the molecule is CCCCCCCCCCCCCCCCOP(=O)(O)OCCCC. The molecular weight excluding hydrogens is 335 g/mol. The molecule has 0 aliphatic rings. The molecule has 0 aliphatic heterocycles. The Kier molecular flexibility index (Phi) is 19.0. The lowest BCUT2D eigenvalue weighted by Crippen LogP contribution is -1.98. The summed E-state index contributed by atoms with van der Waals surface area (Å²) in [6, 6.07) is 0. The predicted molar refractivity (Wildman–Crippen MR) is 107 cm³/mol. The maximum Gasteiger partial charge on any atom is 0.472 e. The first-order chi connectivity index (χ1) is 12.1. The largest absolute Gasteiger partial charge is 0.472 e. The molecule has 1 atom stereocenters. The summed E-state index contributed by atoms with van der Waals surface area (Å²) < 4.78 is 21.4. The minimum Gasteiger partial charge on any atom is -0.302 e. The summed E-state index contributed by atoms with van der Waals surface area (Å²) in [5, 5.41) is 0. The lowest BCUT2D eigenvalue weighted by molar-refractivity contribution is 0.146. The molecule has 0 saturated carbocycles. The highest BCUT2D eigenvalue weighted by Gasteiger charge is 2.19. The van der Waals surface area contributed by atoms with Crippen LogP contribution in [-0.2, 0) is 13.6 Å². The molecule has 0 rings (SSSR count). The summed E-state index contributed by atoms with van der Waals surface area (Å²) in [5.41, 5.74) is 0. The Morgan fingerprint density at radius 2 is 0.880 bits per heavy atom. The summed E-state index contributed by atoms with van der Waals surface area (Å²) in [4.78, 5) is 9.46. The van der Waals surface area contributed by atoms with Gasteiger partial charge in [-0.2, -0.15) is 0 Å². The summed E-state index contributed by atoms with van der Waals surface area (Å²) >= 11 is 0. The second-order valence-electron chi connectivity index (χ2n) is 7.08. The van der Waals surface area contributed by atoms with Crippen LogP contribution in [0.4, 0.5) is 0 Å². The number of phosphoric ester groups is 1. The van der Waals surface area contributed by atoms with Crippen LogP contribution in [0.2, 0.25) is 0 Å². The van der Waals surface area contributed by atoms with Crippen molar-refractivity contribution in [3.63, 3.8) is 0 Å². The van der Waals surface area contributed by atoms with E-state index in [1.54, 1.807) is 0 Å². The van der Waals surface area contributed by atoms with Gasteiger partial charge in [0.25, 0.3) is 0 Å². The van der Waals surface area contributed by atoms with Gasteiger partial charge in [-0.3, -0.25) is 9.05 Å². The lowest BCUT2D eigenvalue weighted by atomic mass is 10.0. The van der Waals surface area contributed by atoms with Gasteiger partial charge < -0.3 is 4.89 Å². The molecule has 0 aromatic heterocycles. The second-order valence-corrected chi connectivity index (χ2v) is 8.54. The third-order valence-corrected chi connectivity index (χ3v) is 5.52. The fourth-order valence-corrected chi connectivity index (χ4v) is 3.63. The van der Waals surface area contributed by atoms with Crippen LogP contribution in [0.5, 0.6) is 0 Å². The predicted octanol–water partition coefficient (Wildman–Crippen LogP) is 7.40. The van der Waals surface area contributed by atoms with Gasteiger partial charge in [-0.15, -0.1) is 0 Å². The zero-order chi connectivity index (χ0) is 18.6. The molecule has 0 bridgehead atoms. The van der Waals surface area contributed by atoms with E-state index in [0.29, 0.717) is 13.2 Å². The summed E-state index contributed by atoms with van der Waals surface area (Å²) in [6.07, 6.45) is 19.9. The first-order valence-electron chi connectivity index (χ1n) is 10.7. The first kappa shape index (κ1) is 25.1. The van der Waals surface area contributed by atoms with Crippen LogP contribution in [0.15, 0.2) is 0 Å². The highest BCUT2D eigenvalue weighted by atomic mass is 31.2. The molecule has 4 nitrogen and oxygen atoms in total. The number of phosphoric acid groups is 1. The molecular formula is C20H43O4P. The van der Waals surface area contributed by atoms with E-state index >= 15 is 0 Å². The van der Waals surface area contributed by atoms with Crippen LogP contribution in [0.1, 0.15) is 117 Å². The van der Waals surface area contributed by atoms with E-state index in [0.717, 1.165) is 25.7 Å². The molecule has 5 heteroatoms. The first-order valence-corrected chi connectivity index (χ1v) is 12.2. The number of rotatable bonds is 20.